The minimum absolute atomic E-state index is 0.146. The van der Waals surface area contributed by atoms with Gasteiger partial charge in [0.15, 0.2) is 5.65 Å². The third kappa shape index (κ3) is 3.37. The van der Waals surface area contributed by atoms with E-state index in [-0.39, 0.29) is 16.4 Å². The molecule has 0 saturated heterocycles. The summed E-state index contributed by atoms with van der Waals surface area (Å²) in [6, 6.07) is 16.8. The van der Waals surface area contributed by atoms with E-state index in [0.717, 1.165) is 36.9 Å². The summed E-state index contributed by atoms with van der Waals surface area (Å²) >= 11 is 0. The average Bonchev–Trinajstić information content (AvgIpc) is 2.75. The van der Waals surface area contributed by atoms with E-state index >= 15 is 0 Å². The van der Waals surface area contributed by atoms with E-state index < -0.39 is 0 Å². The van der Waals surface area contributed by atoms with Gasteiger partial charge in [-0.15, -0.1) is 0 Å². The van der Waals surface area contributed by atoms with E-state index in [0.29, 0.717) is 23.3 Å². The monoisotopic (exact) mass is 387 g/mol. The standard InChI is InChI=1S/C24H25N3O2/c1-3-4-5-9-16-20-25-23-21(24(29)27(20)17-12-7-6-8-13-17)22(28)18-14-10-11-15-19(18)26(23)2/h6-8,10-15H,3-5,9,16H2,1-2H3. The Hall–Kier alpha value is -3.21. The van der Waals surface area contributed by atoms with E-state index in [1.54, 1.807) is 10.6 Å². The van der Waals surface area contributed by atoms with E-state index in [2.05, 4.69) is 6.92 Å². The Kier molecular flexibility index (Phi) is 5.30. The van der Waals surface area contributed by atoms with Crippen LogP contribution in [-0.4, -0.2) is 14.1 Å². The summed E-state index contributed by atoms with van der Waals surface area (Å²) in [6.45, 7) is 2.18. The Balaban J connectivity index is 2.04. The molecule has 0 radical (unpaired) electrons. The quantitative estimate of drug-likeness (QED) is 0.365. The summed E-state index contributed by atoms with van der Waals surface area (Å²) in [5, 5.41) is 0.684. The van der Waals surface area contributed by atoms with Gasteiger partial charge in [0.2, 0.25) is 5.43 Å². The highest BCUT2D eigenvalue weighted by Gasteiger charge is 2.18. The van der Waals surface area contributed by atoms with E-state index in [9.17, 15) is 9.59 Å². The van der Waals surface area contributed by atoms with Crippen LogP contribution in [0.5, 0.6) is 0 Å². The fraction of sp³-hybridized carbons (Fsp3) is 0.292. The second-order valence-corrected chi connectivity index (χ2v) is 7.42. The Morgan fingerprint density at radius 1 is 0.897 bits per heavy atom. The Bertz CT molecular complexity index is 1290. The largest absolute Gasteiger partial charge is 0.328 e. The van der Waals surface area contributed by atoms with Crippen LogP contribution in [0.1, 0.15) is 38.4 Å². The van der Waals surface area contributed by atoms with Gasteiger partial charge < -0.3 is 4.57 Å². The van der Waals surface area contributed by atoms with Gasteiger partial charge in [0.25, 0.3) is 5.56 Å². The van der Waals surface area contributed by atoms with Crippen LogP contribution in [-0.2, 0) is 13.5 Å². The van der Waals surface area contributed by atoms with Crippen molar-refractivity contribution in [2.24, 2.45) is 7.05 Å². The van der Waals surface area contributed by atoms with E-state index in [1.165, 1.54) is 0 Å². The van der Waals surface area contributed by atoms with Crippen molar-refractivity contribution in [3.63, 3.8) is 0 Å². The van der Waals surface area contributed by atoms with Crippen LogP contribution in [0.4, 0.5) is 0 Å². The fourth-order valence-electron chi connectivity index (χ4n) is 3.92. The number of hydrogen-bond acceptors (Lipinski definition) is 3. The van der Waals surface area contributed by atoms with Crippen LogP contribution in [0, 0.1) is 0 Å². The normalized spacial score (nSPS) is 11.4. The molecule has 29 heavy (non-hydrogen) atoms. The van der Waals surface area contributed by atoms with Gasteiger partial charge in [-0.05, 0) is 30.7 Å². The van der Waals surface area contributed by atoms with Crippen molar-refractivity contribution in [1.29, 1.82) is 0 Å². The number of nitrogens with zero attached hydrogens (tertiary/aromatic N) is 3. The number of benzene rings is 2. The molecule has 0 N–H and O–H groups in total. The van der Waals surface area contributed by atoms with Gasteiger partial charge in [-0.2, -0.15) is 0 Å². The molecular weight excluding hydrogens is 362 g/mol. The fourth-order valence-corrected chi connectivity index (χ4v) is 3.92. The molecule has 4 aromatic rings. The minimum atomic E-state index is -0.293. The van der Waals surface area contributed by atoms with E-state index in [1.807, 2.05) is 60.1 Å². The molecule has 0 aliphatic heterocycles. The zero-order valence-corrected chi connectivity index (χ0v) is 16.9. The first-order valence-electron chi connectivity index (χ1n) is 10.2. The molecule has 0 bridgehead atoms. The minimum Gasteiger partial charge on any atom is -0.328 e. The highest BCUT2D eigenvalue weighted by molar-refractivity contribution is 5.91. The average molecular weight is 387 g/mol. The third-order valence-corrected chi connectivity index (χ3v) is 5.46. The van der Waals surface area contributed by atoms with Gasteiger partial charge in [0.1, 0.15) is 11.2 Å². The second kappa shape index (κ2) is 8.03. The molecule has 0 spiro atoms. The van der Waals surface area contributed by atoms with Crippen LogP contribution in [0.25, 0.3) is 27.6 Å². The van der Waals surface area contributed by atoms with Gasteiger partial charge in [0.05, 0.1) is 11.2 Å². The van der Waals surface area contributed by atoms with E-state index in [4.69, 9.17) is 4.98 Å². The van der Waals surface area contributed by atoms with Crippen molar-refractivity contribution in [2.75, 3.05) is 0 Å². The van der Waals surface area contributed by atoms with Crippen LogP contribution in [0.3, 0.4) is 0 Å². The van der Waals surface area contributed by atoms with Crippen LogP contribution in [0.2, 0.25) is 0 Å². The lowest BCUT2D eigenvalue weighted by Crippen LogP contribution is -2.29. The summed E-state index contributed by atoms with van der Waals surface area (Å²) < 4.78 is 3.47. The zero-order chi connectivity index (χ0) is 20.4. The molecule has 0 fully saturated rings. The molecule has 148 valence electrons. The zero-order valence-electron chi connectivity index (χ0n) is 16.9. The maximum Gasteiger partial charge on any atom is 0.271 e. The second-order valence-electron chi connectivity index (χ2n) is 7.42. The highest BCUT2D eigenvalue weighted by atomic mass is 16.1. The summed E-state index contributed by atoms with van der Waals surface area (Å²) in [6.07, 6.45) is 5.06. The smallest absolute Gasteiger partial charge is 0.271 e. The number of para-hydroxylation sites is 2. The molecule has 0 aliphatic carbocycles. The molecule has 2 heterocycles. The molecule has 0 aliphatic rings. The van der Waals surface area contributed by atoms with Gasteiger partial charge in [-0.25, -0.2) is 4.98 Å². The summed E-state index contributed by atoms with van der Waals surface area (Å²) in [5.41, 5.74) is 1.43. The Labute approximate surface area is 169 Å². The predicted molar refractivity (Wildman–Crippen MR) is 118 cm³/mol. The summed E-state index contributed by atoms with van der Waals surface area (Å²) in [4.78, 5) is 31.6. The molecule has 5 heteroatoms. The molecule has 0 unspecified atom stereocenters. The van der Waals surface area contributed by atoms with Gasteiger partial charge in [0, 0.05) is 18.9 Å². The van der Waals surface area contributed by atoms with Crippen molar-refractivity contribution in [2.45, 2.75) is 39.0 Å². The maximum absolute atomic E-state index is 13.6. The highest BCUT2D eigenvalue weighted by Crippen LogP contribution is 2.18. The van der Waals surface area contributed by atoms with Crippen molar-refractivity contribution >= 4 is 21.9 Å². The molecule has 0 saturated carbocycles. The first kappa shape index (κ1) is 19.1. The maximum atomic E-state index is 13.6. The molecule has 2 aromatic carbocycles. The van der Waals surface area contributed by atoms with Gasteiger partial charge >= 0.3 is 0 Å². The van der Waals surface area contributed by atoms with Crippen LogP contribution in [0.15, 0.2) is 64.2 Å². The lowest BCUT2D eigenvalue weighted by molar-refractivity contribution is 0.640. The summed E-state index contributed by atoms with van der Waals surface area (Å²) in [5.74, 6) is 0.704. The van der Waals surface area contributed by atoms with Gasteiger partial charge in [-0.3, -0.25) is 14.2 Å². The number of unbranched alkanes of at least 4 members (excludes halogenated alkanes) is 3. The molecule has 0 atom stereocenters. The van der Waals surface area contributed by atoms with Crippen molar-refractivity contribution in [1.82, 2.24) is 14.1 Å². The summed E-state index contributed by atoms with van der Waals surface area (Å²) in [7, 11) is 1.87. The van der Waals surface area contributed by atoms with Crippen LogP contribution >= 0.6 is 0 Å². The van der Waals surface area contributed by atoms with Gasteiger partial charge in [-0.1, -0.05) is 56.5 Å². The SMILES string of the molecule is CCCCCCc1nc2c(c(=O)c3ccccc3n2C)c(=O)n1-c1ccccc1. The lowest BCUT2D eigenvalue weighted by Gasteiger charge is -2.16. The first-order chi connectivity index (χ1) is 14.1. The number of hydrogen-bond donors (Lipinski definition) is 0. The lowest BCUT2D eigenvalue weighted by atomic mass is 10.1. The molecule has 0 amide bonds. The number of aromatic nitrogens is 3. The number of fused-ring (bicyclic) bond motifs is 2. The van der Waals surface area contributed by atoms with Crippen molar-refractivity contribution in [3.05, 3.63) is 81.0 Å². The van der Waals surface area contributed by atoms with Crippen LogP contribution < -0.4 is 11.0 Å². The number of pyridine rings is 1. The molecule has 4 rings (SSSR count). The topological polar surface area (TPSA) is 56.9 Å². The predicted octanol–water partition coefficient (Wildman–Crippen LogP) is 4.36. The first-order valence-corrected chi connectivity index (χ1v) is 10.2. The Morgan fingerprint density at radius 2 is 1.62 bits per heavy atom. The third-order valence-electron chi connectivity index (χ3n) is 5.46. The molecule has 5 nitrogen and oxygen atoms in total. The van der Waals surface area contributed by atoms with Crippen molar-refractivity contribution in [3.8, 4) is 5.69 Å². The number of rotatable bonds is 6. The molecule has 2 aromatic heterocycles. The van der Waals surface area contributed by atoms with Crippen molar-refractivity contribution < 1.29 is 0 Å². The molecular formula is C24H25N3O2. The Morgan fingerprint density at radius 3 is 2.38 bits per heavy atom. The number of aryl methyl sites for hydroxylation is 2.